The summed E-state index contributed by atoms with van der Waals surface area (Å²) >= 11 is 0. The molecule has 2 N–H and O–H groups in total. The summed E-state index contributed by atoms with van der Waals surface area (Å²) in [4.78, 5) is 6.29. The van der Waals surface area contributed by atoms with E-state index in [-0.39, 0.29) is 30.1 Å². The van der Waals surface area contributed by atoms with Crippen molar-refractivity contribution >= 4 is 29.9 Å². The van der Waals surface area contributed by atoms with E-state index in [9.17, 15) is 0 Å². The molecule has 1 saturated heterocycles. The Hall–Kier alpha value is -0.0800. The summed E-state index contributed by atoms with van der Waals surface area (Å²) in [6.07, 6.45) is 0.120. The Balaban J connectivity index is 0.00000196. The van der Waals surface area contributed by atoms with Crippen molar-refractivity contribution in [3.63, 3.8) is 0 Å². The average Bonchev–Trinajstić information content (AvgIpc) is 2.26. The van der Waals surface area contributed by atoms with Gasteiger partial charge in [-0.05, 0) is 6.92 Å². The van der Waals surface area contributed by atoms with Gasteiger partial charge in [0.25, 0.3) is 0 Å². The Morgan fingerprint density at radius 1 is 1.53 bits per heavy atom. The molecule has 1 aliphatic rings. The van der Waals surface area contributed by atoms with E-state index in [2.05, 4.69) is 4.99 Å². The molecule has 0 bridgehead atoms. The maximum atomic E-state index is 5.82. The molecule has 0 aromatic rings. The maximum Gasteiger partial charge on any atom is 0.191 e. The lowest BCUT2D eigenvalue weighted by atomic mass is 10.4. The zero-order chi connectivity index (χ0) is 10.4. The summed E-state index contributed by atoms with van der Waals surface area (Å²) in [5, 5.41) is 0. The lowest BCUT2D eigenvalue weighted by Gasteiger charge is -2.27. The topological polar surface area (TPSA) is 60.1 Å². The van der Waals surface area contributed by atoms with E-state index < -0.39 is 0 Å². The fraction of sp³-hybridized carbons (Fsp3) is 0.889. The molecule has 0 radical (unpaired) electrons. The quantitative estimate of drug-likeness (QED) is 0.459. The Morgan fingerprint density at radius 2 is 2.13 bits per heavy atom. The molecular formula is C9H20IN3O2. The van der Waals surface area contributed by atoms with Gasteiger partial charge in [-0.2, -0.15) is 0 Å². The number of methoxy groups -OCH3 is 1. The van der Waals surface area contributed by atoms with Crippen LogP contribution in [0.15, 0.2) is 4.99 Å². The van der Waals surface area contributed by atoms with Crippen molar-refractivity contribution in [3.05, 3.63) is 0 Å². The van der Waals surface area contributed by atoms with Gasteiger partial charge in [0.2, 0.25) is 0 Å². The van der Waals surface area contributed by atoms with Crippen LogP contribution in [-0.2, 0) is 9.47 Å². The zero-order valence-corrected chi connectivity index (χ0v) is 11.6. The highest BCUT2D eigenvalue weighted by Crippen LogP contribution is 1.97. The first-order valence-electron chi connectivity index (χ1n) is 4.89. The van der Waals surface area contributed by atoms with Crippen LogP contribution in [0.1, 0.15) is 6.92 Å². The molecule has 0 spiro atoms. The van der Waals surface area contributed by atoms with Crippen LogP contribution >= 0.6 is 24.0 Å². The smallest absolute Gasteiger partial charge is 0.191 e. The highest BCUT2D eigenvalue weighted by atomic mass is 127. The summed E-state index contributed by atoms with van der Waals surface area (Å²) in [5.74, 6) is 0.595. The molecule has 1 rings (SSSR count). The van der Waals surface area contributed by atoms with Crippen molar-refractivity contribution in [2.75, 3.05) is 40.0 Å². The van der Waals surface area contributed by atoms with Crippen LogP contribution in [0.2, 0.25) is 0 Å². The first kappa shape index (κ1) is 14.9. The third-order valence-corrected chi connectivity index (χ3v) is 2.25. The predicted octanol–water partition coefficient (Wildman–Crippen LogP) is 0.286. The zero-order valence-electron chi connectivity index (χ0n) is 9.31. The first-order valence-corrected chi connectivity index (χ1v) is 4.89. The molecule has 1 heterocycles. The second-order valence-corrected chi connectivity index (χ2v) is 3.34. The largest absolute Gasteiger partial charge is 0.380 e. The summed E-state index contributed by atoms with van der Waals surface area (Å²) in [7, 11) is 1.67. The summed E-state index contributed by atoms with van der Waals surface area (Å²) in [6.45, 7) is 5.70. The van der Waals surface area contributed by atoms with Crippen molar-refractivity contribution in [1.82, 2.24) is 4.90 Å². The molecule has 0 amide bonds. The Morgan fingerprint density at radius 3 is 2.67 bits per heavy atom. The number of hydrogen-bond donors (Lipinski definition) is 1. The molecule has 0 aliphatic carbocycles. The van der Waals surface area contributed by atoms with Crippen molar-refractivity contribution < 1.29 is 9.47 Å². The number of rotatable bonds is 3. The highest BCUT2D eigenvalue weighted by Gasteiger charge is 2.12. The number of halogens is 1. The minimum absolute atomic E-state index is 0. The molecule has 6 heteroatoms. The number of nitrogens with two attached hydrogens (primary N) is 1. The van der Waals surface area contributed by atoms with Gasteiger partial charge >= 0.3 is 0 Å². The van der Waals surface area contributed by atoms with E-state index in [4.69, 9.17) is 15.2 Å². The number of hydrogen-bond acceptors (Lipinski definition) is 3. The third kappa shape index (κ3) is 5.53. The Bertz CT molecular complexity index is 196. The van der Waals surface area contributed by atoms with Gasteiger partial charge in [-0.1, -0.05) is 0 Å². The van der Waals surface area contributed by atoms with Crippen molar-refractivity contribution in [3.8, 4) is 0 Å². The standard InChI is InChI=1S/C9H19N3O2.HI/c1-8(13-2)7-11-9(10)12-3-5-14-6-4-12;/h8H,3-7H2,1-2H3,(H2,10,11);1H. The molecule has 0 aromatic carbocycles. The van der Waals surface area contributed by atoms with E-state index in [0.717, 1.165) is 26.3 Å². The lowest BCUT2D eigenvalue weighted by Crippen LogP contribution is -2.45. The minimum atomic E-state index is 0. The van der Waals surface area contributed by atoms with Crippen LogP contribution < -0.4 is 5.73 Å². The van der Waals surface area contributed by atoms with Crippen LogP contribution in [0.25, 0.3) is 0 Å². The van der Waals surface area contributed by atoms with Gasteiger partial charge in [0.1, 0.15) is 0 Å². The van der Waals surface area contributed by atoms with E-state index in [0.29, 0.717) is 12.5 Å². The number of guanidine groups is 1. The van der Waals surface area contributed by atoms with Crippen LogP contribution in [0.3, 0.4) is 0 Å². The monoisotopic (exact) mass is 329 g/mol. The second-order valence-electron chi connectivity index (χ2n) is 3.34. The average molecular weight is 329 g/mol. The van der Waals surface area contributed by atoms with Crippen LogP contribution in [0.4, 0.5) is 0 Å². The van der Waals surface area contributed by atoms with Crippen LogP contribution in [-0.4, -0.2) is 56.9 Å². The summed E-state index contributed by atoms with van der Waals surface area (Å²) in [6, 6.07) is 0. The Kier molecular flexibility index (Phi) is 8.07. The van der Waals surface area contributed by atoms with Gasteiger partial charge in [0, 0.05) is 20.2 Å². The normalized spacial score (nSPS) is 19.6. The van der Waals surface area contributed by atoms with Crippen LogP contribution in [0, 0.1) is 0 Å². The van der Waals surface area contributed by atoms with Crippen molar-refractivity contribution in [2.24, 2.45) is 10.7 Å². The summed E-state index contributed by atoms with van der Waals surface area (Å²) in [5.41, 5.74) is 5.82. The van der Waals surface area contributed by atoms with E-state index >= 15 is 0 Å². The van der Waals surface area contributed by atoms with Gasteiger partial charge in [0.05, 0.1) is 25.9 Å². The fourth-order valence-electron chi connectivity index (χ4n) is 1.19. The van der Waals surface area contributed by atoms with E-state index in [1.807, 2.05) is 11.8 Å². The number of aliphatic imine (C=N–C) groups is 1. The van der Waals surface area contributed by atoms with Gasteiger partial charge in [-0.3, -0.25) is 4.99 Å². The second kappa shape index (κ2) is 8.12. The predicted molar refractivity (Wildman–Crippen MR) is 70.8 cm³/mol. The molecule has 15 heavy (non-hydrogen) atoms. The molecule has 1 fully saturated rings. The van der Waals surface area contributed by atoms with Gasteiger partial charge < -0.3 is 20.1 Å². The van der Waals surface area contributed by atoms with E-state index in [1.165, 1.54) is 0 Å². The van der Waals surface area contributed by atoms with Crippen molar-refractivity contribution in [1.29, 1.82) is 0 Å². The molecule has 0 saturated carbocycles. The van der Waals surface area contributed by atoms with Crippen molar-refractivity contribution in [2.45, 2.75) is 13.0 Å². The SMILES string of the molecule is COC(C)CN=C(N)N1CCOCC1.I. The maximum absolute atomic E-state index is 5.82. The molecule has 1 unspecified atom stereocenters. The number of ether oxygens (including phenoxy) is 2. The third-order valence-electron chi connectivity index (χ3n) is 2.25. The molecule has 5 nitrogen and oxygen atoms in total. The minimum Gasteiger partial charge on any atom is -0.380 e. The number of morpholine rings is 1. The highest BCUT2D eigenvalue weighted by molar-refractivity contribution is 14.0. The molecule has 0 aromatic heterocycles. The lowest BCUT2D eigenvalue weighted by molar-refractivity contribution is 0.0671. The molecule has 1 aliphatic heterocycles. The van der Waals surface area contributed by atoms with E-state index in [1.54, 1.807) is 7.11 Å². The Labute approximate surface area is 108 Å². The number of nitrogens with zero attached hydrogens (tertiary/aromatic N) is 2. The molecular weight excluding hydrogens is 309 g/mol. The van der Waals surface area contributed by atoms with Gasteiger partial charge in [-0.25, -0.2) is 0 Å². The van der Waals surface area contributed by atoms with Gasteiger partial charge in [0.15, 0.2) is 5.96 Å². The van der Waals surface area contributed by atoms with Gasteiger partial charge in [-0.15, -0.1) is 24.0 Å². The van der Waals surface area contributed by atoms with Crippen LogP contribution in [0.5, 0.6) is 0 Å². The fourth-order valence-corrected chi connectivity index (χ4v) is 1.19. The summed E-state index contributed by atoms with van der Waals surface area (Å²) < 4.78 is 10.3. The first-order chi connectivity index (χ1) is 6.74. The molecule has 90 valence electrons. The molecule has 1 atom stereocenters.